The van der Waals surface area contributed by atoms with Gasteiger partial charge in [-0.25, -0.2) is 0 Å². The van der Waals surface area contributed by atoms with Crippen LogP contribution in [0.4, 0.5) is 13.2 Å². The lowest BCUT2D eigenvalue weighted by molar-refractivity contribution is -0.138. The second-order valence-corrected chi connectivity index (χ2v) is 6.56. The largest absolute Gasteiger partial charge is 0.416 e. The highest BCUT2D eigenvalue weighted by atomic mass is 19.4. The minimum Gasteiger partial charge on any atom is -0.310 e. The first-order valence-corrected chi connectivity index (χ1v) is 7.71. The van der Waals surface area contributed by atoms with Crippen LogP contribution in [0.3, 0.4) is 0 Å². The number of nitrogens with one attached hydrogen (secondary N) is 1. The van der Waals surface area contributed by atoms with E-state index in [-0.39, 0.29) is 11.5 Å². The normalized spacial score (nSPS) is 20.2. The number of halogens is 3. The Bertz CT molecular complexity index is 461. The average Bonchev–Trinajstić information content (AvgIpc) is 2.45. The standard InChI is InChI=1S/C17H24F3N/c1-13(21-12-16(2)10-6-3-7-11-16)14-8-4-5-9-15(14)17(18,19)20/h4-5,8-9,13,21H,3,6-7,10-12H2,1-2H3. The van der Waals surface area contributed by atoms with Crippen molar-refractivity contribution in [3.63, 3.8) is 0 Å². The van der Waals surface area contributed by atoms with E-state index in [1.165, 1.54) is 25.3 Å². The van der Waals surface area contributed by atoms with Gasteiger partial charge in [0.25, 0.3) is 0 Å². The lowest BCUT2D eigenvalue weighted by atomic mass is 9.75. The second-order valence-electron chi connectivity index (χ2n) is 6.56. The van der Waals surface area contributed by atoms with Gasteiger partial charge in [-0.1, -0.05) is 44.4 Å². The third-order valence-electron chi connectivity index (χ3n) is 4.63. The molecule has 1 aromatic carbocycles. The Morgan fingerprint density at radius 1 is 1.14 bits per heavy atom. The van der Waals surface area contributed by atoms with E-state index >= 15 is 0 Å². The summed E-state index contributed by atoms with van der Waals surface area (Å²) in [5.74, 6) is 0. The molecular formula is C17H24F3N. The van der Waals surface area contributed by atoms with E-state index in [2.05, 4.69) is 12.2 Å². The molecule has 21 heavy (non-hydrogen) atoms. The molecule has 0 amide bonds. The maximum atomic E-state index is 13.1. The highest BCUT2D eigenvalue weighted by molar-refractivity contribution is 5.32. The smallest absolute Gasteiger partial charge is 0.310 e. The highest BCUT2D eigenvalue weighted by Gasteiger charge is 2.34. The summed E-state index contributed by atoms with van der Waals surface area (Å²) < 4.78 is 39.2. The van der Waals surface area contributed by atoms with Crippen molar-refractivity contribution < 1.29 is 13.2 Å². The monoisotopic (exact) mass is 299 g/mol. The van der Waals surface area contributed by atoms with Gasteiger partial charge in [0.15, 0.2) is 0 Å². The van der Waals surface area contributed by atoms with E-state index in [9.17, 15) is 13.2 Å². The molecule has 2 rings (SSSR count). The molecule has 1 nitrogen and oxygen atoms in total. The summed E-state index contributed by atoms with van der Waals surface area (Å²) in [4.78, 5) is 0. The van der Waals surface area contributed by atoms with E-state index in [1.54, 1.807) is 12.1 Å². The topological polar surface area (TPSA) is 12.0 Å². The van der Waals surface area contributed by atoms with Crippen LogP contribution in [0.2, 0.25) is 0 Å². The van der Waals surface area contributed by atoms with Gasteiger partial charge in [-0.2, -0.15) is 13.2 Å². The van der Waals surface area contributed by atoms with Crippen molar-refractivity contribution in [2.75, 3.05) is 6.54 Å². The van der Waals surface area contributed by atoms with Gasteiger partial charge < -0.3 is 5.32 Å². The molecule has 1 atom stereocenters. The molecule has 0 aromatic heterocycles. The molecule has 1 unspecified atom stereocenters. The molecule has 0 saturated heterocycles. The fourth-order valence-corrected chi connectivity index (χ4v) is 3.22. The predicted molar refractivity (Wildman–Crippen MR) is 79.1 cm³/mol. The first kappa shape index (κ1) is 16.3. The van der Waals surface area contributed by atoms with Crippen molar-refractivity contribution in [2.24, 2.45) is 5.41 Å². The van der Waals surface area contributed by atoms with Crippen LogP contribution in [0.1, 0.15) is 63.1 Å². The van der Waals surface area contributed by atoms with E-state index in [0.717, 1.165) is 25.5 Å². The van der Waals surface area contributed by atoms with E-state index in [4.69, 9.17) is 0 Å². The van der Waals surface area contributed by atoms with Gasteiger partial charge in [0.1, 0.15) is 0 Å². The minimum absolute atomic E-state index is 0.222. The Kier molecular flexibility index (Phi) is 4.97. The molecule has 0 bridgehead atoms. The van der Waals surface area contributed by atoms with Gasteiger partial charge in [-0.05, 0) is 36.8 Å². The third kappa shape index (κ3) is 4.22. The summed E-state index contributed by atoms with van der Waals surface area (Å²) in [5.41, 5.74) is 0.0304. The van der Waals surface area contributed by atoms with Gasteiger partial charge in [-0.15, -0.1) is 0 Å². The molecule has 0 aliphatic heterocycles. The van der Waals surface area contributed by atoms with Crippen molar-refractivity contribution in [2.45, 2.75) is 58.2 Å². The van der Waals surface area contributed by atoms with Gasteiger partial charge in [-0.3, -0.25) is 0 Å². The zero-order chi connectivity index (χ0) is 15.5. The average molecular weight is 299 g/mol. The molecule has 0 heterocycles. The Morgan fingerprint density at radius 3 is 2.38 bits per heavy atom. The highest BCUT2D eigenvalue weighted by Crippen LogP contribution is 2.37. The Balaban J connectivity index is 2.05. The number of hydrogen-bond donors (Lipinski definition) is 1. The van der Waals surface area contributed by atoms with Gasteiger partial charge in [0.05, 0.1) is 5.56 Å². The lowest BCUT2D eigenvalue weighted by Crippen LogP contribution is -2.35. The molecule has 1 aliphatic carbocycles. The number of benzene rings is 1. The van der Waals surface area contributed by atoms with E-state index in [0.29, 0.717) is 5.56 Å². The molecule has 0 spiro atoms. The number of rotatable bonds is 4. The zero-order valence-corrected chi connectivity index (χ0v) is 12.8. The third-order valence-corrected chi connectivity index (χ3v) is 4.63. The fourth-order valence-electron chi connectivity index (χ4n) is 3.22. The molecule has 1 N–H and O–H groups in total. The second kappa shape index (κ2) is 6.39. The zero-order valence-electron chi connectivity index (χ0n) is 12.8. The fraction of sp³-hybridized carbons (Fsp3) is 0.647. The molecule has 4 heteroatoms. The van der Waals surface area contributed by atoms with Crippen molar-refractivity contribution in [1.82, 2.24) is 5.32 Å². The van der Waals surface area contributed by atoms with Crippen molar-refractivity contribution in [3.8, 4) is 0 Å². The Morgan fingerprint density at radius 2 is 1.76 bits per heavy atom. The molecule has 1 aliphatic rings. The first-order valence-electron chi connectivity index (χ1n) is 7.71. The summed E-state index contributed by atoms with van der Waals surface area (Å²) in [6.45, 7) is 4.83. The van der Waals surface area contributed by atoms with E-state index in [1.807, 2.05) is 6.92 Å². The van der Waals surface area contributed by atoms with Crippen LogP contribution >= 0.6 is 0 Å². The maximum Gasteiger partial charge on any atom is 0.416 e. The van der Waals surface area contributed by atoms with Crippen LogP contribution in [0.15, 0.2) is 24.3 Å². The van der Waals surface area contributed by atoms with Crippen LogP contribution in [0.5, 0.6) is 0 Å². The molecular weight excluding hydrogens is 275 g/mol. The van der Waals surface area contributed by atoms with Crippen LogP contribution < -0.4 is 5.32 Å². The van der Waals surface area contributed by atoms with E-state index < -0.39 is 11.7 Å². The van der Waals surface area contributed by atoms with Crippen LogP contribution in [0, 0.1) is 5.41 Å². The lowest BCUT2D eigenvalue weighted by Gasteiger charge is -2.35. The van der Waals surface area contributed by atoms with Gasteiger partial charge >= 0.3 is 6.18 Å². The van der Waals surface area contributed by atoms with Gasteiger partial charge in [0.2, 0.25) is 0 Å². The Labute approximate surface area is 124 Å². The number of hydrogen-bond acceptors (Lipinski definition) is 1. The predicted octanol–water partition coefficient (Wildman–Crippen LogP) is 5.33. The van der Waals surface area contributed by atoms with Crippen LogP contribution in [-0.2, 0) is 6.18 Å². The molecule has 0 radical (unpaired) electrons. The van der Waals surface area contributed by atoms with Gasteiger partial charge in [0, 0.05) is 12.6 Å². The van der Waals surface area contributed by atoms with Crippen molar-refractivity contribution >= 4 is 0 Å². The summed E-state index contributed by atoms with van der Waals surface area (Å²) in [6, 6.07) is 5.56. The summed E-state index contributed by atoms with van der Waals surface area (Å²) in [6.07, 6.45) is 1.77. The summed E-state index contributed by atoms with van der Waals surface area (Å²) in [7, 11) is 0. The summed E-state index contributed by atoms with van der Waals surface area (Å²) in [5, 5.41) is 3.32. The quantitative estimate of drug-likeness (QED) is 0.792. The number of alkyl halides is 3. The van der Waals surface area contributed by atoms with Crippen LogP contribution in [-0.4, -0.2) is 6.54 Å². The van der Waals surface area contributed by atoms with Crippen LogP contribution in [0.25, 0.3) is 0 Å². The van der Waals surface area contributed by atoms with Crippen molar-refractivity contribution in [1.29, 1.82) is 0 Å². The molecule has 1 saturated carbocycles. The maximum absolute atomic E-state index is 13.1. The van der Waals surface area contributed by atoms with Crippen molar-refractivity contribution in [3.05, 3.63) is 35.4 Å². The SMILES string of the molecule is CC(NCC1(C)CCCCC1)c1ccccc1C(F)(F)F. The minimum atomic E-state index is -4.29. The molecule has 1 aromatic rings. The first-order chi connectivity index (χ1) is 9.82. The molecule has 118 valence electrons. The Hall–Kier alpha value is -1.03. The molecule has 1 fully saturated rings. The summed E-state index contributed by atoms with van der Waals surface area (Å²) >= 11 is 0.